The molecule has 0 spiro atoms. The molecule has 1 radical (unpaired) electrons. The maximum absolute atomic E-state index is 5.32. The highest BCUT2D eigenvalue weighted by Crippen LogP contribution is 2.40. The highest BCUT2D eigenvalue weighted by atomic mass is 32.1. The number of hydrogen-bond donors (Lipinski definition) is 1. The summed E-state index contributed by atoms with van der Waals surface area (Å²) in [4.78, 5) is 4.04. The third-order valence-corrected chi connectivity index (χ3v) is 2.90. The lowest BCUT2D eigenvalue weighted by molar-refractivity contribution is 0.378. The van der Waals surface area contributed by atoms with Gasteiger partial charge < -0.3 is 19.5 Å². The minimum Gasteiger partial charge on any atom is -0.496 e. The van der Waals surface area contributed by atoms with E-state index in [1.165, 1.54) is 11.3 Å². The lowest BCUT2D eigenvalue weighted by Gasteiger charge is -2.15. The van der Waals surface area contributed by atoms with Gasteiger partial charge in [0.2, 0.25) is 0 Å². The predicted molar refractivity (Wildman–Crippen MR) is 70.3 cm³/mol. The van der Waals surface area contributed by atoms with Gasteiger partial charge in [0.15, 0.2) is 5.51 Å². The summed E-state index contributed by atoms with van der Waals surface area (Å²) < 4.78 is 15.8. The van der Waals surface area contributed by atoms with E-state index >= 15 is 0 Å². The second-order valence-electron chi connectivity index (χ2n) is 3.36. The molecule has 1 aromatic carbocycles. The Bertz CT molecular complexity index is 489. The number of nitrogens with one attached hydrogen (secondary N) is 1. The van der Waals surface area contributed by atoms with Crippen molar-refractivity contribution in [3.05, 3.63) is 23.0 Å². The van der Waals surface area contributed by atoms with Crippen LogP contribution in [0.4, 0.5) is 11.5 Å². The molecule has 1 heterocycles. The number of benzene rings is 1. The molecule has 0 bridgehead atoms. The van der Waals surface area contributed by atoms with E-state index in [4.69, 9.17) is 14.2 Å². The lowest BCUT2D eigenvalue weighted by atomic mass is 10.2. The first-order chi connectivity index (χ1) is 8.78. The molecule has 6 heteroatoms. The van der Waals surface area contributed by atoms with Crippen molar-refractivity contribution in [2.75, 3.05) is 26.6 Å². The molecule has 2 rings (SSSR count). The Morgan fingerprint density at radius 1 is 1.11 bits per heavy atom. The zero-order chi connectivity index (χ0) is 13.0. The van der Waals surface area contributed by atoms with Gasteiger partial charge >= 0.3 is 0 Å². The SMILES string of the molecule is COc1cc(OC)c(Nc2cs[c]n2)c(OC)c1. The molecule has 2 aromatic rings. The van der Waals surface area contributed by atoms with Crippen LogP contribution < -0.4 is 19.5 Å². The molecule has 18 heavy (non-hydrogen) atoms. The molecule has 1 N–H and O–H groups in total. The Labute approximate surface area is 109 Å². The van der Waals surface area contributed by atoms with Crippen LogP contribution in [0, 0.1) is 5.51 Å². The third kappa shape index (κ3) is 2.48. The highest BCUT2D eigenvalue weighted by molar-refractivity contribution is 7.07. The van der Waals surface area contributed by atoms with Gasteiger partial charge in [-0.05, 0) is 0 Å². The molecule has 0 aliphatic carbocycles. The van der Waals surface area contributed by atoms with E-state index in [2.05, 4.69) is 15.8 Å². The Morgan fingerprint density at radius 3 is 2.22 bits per heavy atom. The number of hydrogen-bond acceptors (Lipinski definition) is 6. The quantitative estimate of drug-likeness (QED) is 0.900. The van der Waals surface area contributed by atoms with E-state index in [0.717, 1.165) is 0 Å². The molecule has 0 aliphatic heterocycles. The van der Waals surface area contributed by atoms with Crippen LogP contribution in [0.25, 0.3) is 0 Å². The van der Waals surface area contributed by atoms with Gasteiger partial charge in [-0.3, -0.25) is 0 Å². The Morgan fingerprint density at radius 2 is 1.78 bits per heavy atom. The Hall–Kier alpha value is -1.95. The second kappa shape index (κ2) is 5.59. The van der Waals surface area contributed by atoms with E-state index in [0.29, 0.717) is 28.8 Å². The average molecular weight is 265 g/mol. The van der Waals surface area contributed by atoms with Crippen LogP contribution in [0.5, 0.6) is 17.2 Å². The molecule has 5 nitrogen and oxygen atoms in total. The van der Waals surface area contributed by atoms with E-state index in [-0.39, 0.29) is 0 Å². The fourth-order valence-corrected chi connectivity index (χ4v) is 1.93. The summed E-state index contributed by atoms with van der Waals surface area (Å²) in [6, 6.07) is 3.56. The van der Waals surface area contributed by atoms with Crippen molar-refractivity contribution in [1.29, 1.82) is 0 Å². The fourth-order valence-electron chi connectivity index (χ4n) is 1.50. The van der Waals surface area contributed by atoms with Crippen LogP contribution in [-0.2, 0) is 0 Å². The number of rotatable bonds is 5. The minimum atomic E-state index is 0.624. The molecule has 1 aromatic heterocycles. The molecule has 95 valence electrons. The van der Waals surface area contributed by atoms with E-state index in [1.54, 1.807) is 33.5 Å². The van der Waals surface area contributed by atoms with Crippen molar-refractivity contribution in [2.24, 2.45) is 0 Å². The first-order valence-electron chi connectivity index (χ1n) is 5.17. The zero-order valence-corrected chi connectivity index (χ0v) is 11.1. The standard InChI is InChI=1S/C12H13N2O3S/c1-15-8-4-9(16-2)12(10(5-8)17-3)14-11-6-18-7-13-11/h4-6,14H,1-3H3. The van der Waals surface area contributed by atoms with Crippen molar-refractivity contribution in [3.63, 3.8) is 0 Å². The van der Waals surface area contributed by atoms with E-state index in [1.807, 2.05) is 5.38 Å². The fraction of sp³-hybridized carbons (Fsp3) is 0.250. The number of aromatic nitrogens is 1. The molecule has 0 saturated heterocycles. The lowest BCUT2D eigenvalue weighted by Crippen LogP contribution is -1.99. The Kier molecular flexibility index (Phi) is 3.88. The van der Waals surface area contributed by atoms with E-state index in [9.17, 15) is 0 Å². The second-order valence-corrected chi connectivity index (χ2v) is 4.01. The van der Waals surface area contributed by atoms with Crippen molar-refractivity contribution >= 4 is 22.8 Å². The van der Waals surface area contributed by atoms with Crippen LogP contribution in [0.1, 0.15) is 0 Å². The smallest absolute Gasteiger partial charge is 0.154 e. The first-order valence-corrected chi connectivity index (χ1v) is 6.05. The van der Waals surface area contributed by atoms with E-state index < -0.39 is 0 Å². The Balaban J connectivity index is 2.43. The topological polar surface area (TPSA) is 52.6 Å². The van der Waals surface area contributed by atoms with Crippen LogP contribution >= 0.6 is 11.3 Å². The predicted octanol–water partition coefficient (Wildman–Crippen LogP) is 2.71. The number of methoxy groups -OCH3 is 3. The largest absolute Gasteiger partial charge is 0.496 e. The van der Waals surface area contributed by atoms with Crippen LogP contribution in [0.2, 0.25) is 0 Å². The van der Waals surface area contributed by atoms with Gasteiger partial charge in [-0.25, -0.2) is 4.98 Å². The van der Waals surface area contributed by atoms with Gasteiger partial charge in [-0.2, -0.15) is 0 Å². The number of thiazole rings is 1. The summed E-state index contributed by atoms with van der Waals surface area (Å²) in [5.74, 6) is 2.61. The summed E-state index contributed by atoms with van der Waals surface area (Å²) in [5.41, 5.74) is 3.48. The molecular formula is C12H13N2O3S. The summed E-state index contributed by atoms with van der Waals surface area (Å²) in [6.45, 7) is 0. The zero-order valence-electron chi connectivity index (χ0n) is 10.3. The number of ether oxygens (including phenoxy) is 3. The van der Waals surface area contributed by atoms with Gasteiger partial charge in [0.25, 0.3) is 0 Å². The van der Waals surface area contributed by atoms with Crippen LogP contribution in [0.15, 0.2) is 17.5 Å². The number of anilines is 2. The first kappa shape index (κ1) is 12.5. The summed E-state index contributed by atoms with van der Waals surface area (Å²) in [5, 5.41) is 4.99. The van der Waals surface area contributed by atoms with Gasteiger partial charge in [0.05, 0.1) is 21.3 Å². The van der Waals surface area contributed by atoms with Gasteiger partial charge in [0, 0.05) is 17.5 Å². The third-order valence-electron chi connectivity index (χ3n) is 2.36. The molecule has 0 atom stereocenters. The minimum absolute atomic E-state index is 0.624. The average Bonchev–Trinajstić information content (AvgIpc) is 2.91. The molecule has 0 unspecified atom stereocenters. The van der Waals surface area contributed by atoms with Crippen molar-refractivity contribution < 1.29 is 14.2 Å². The molecule has 0 saturated carbocycles. The molecule has 0 fully saturated rings. The normalized spacial score (nSPS) is 9.94. The van der Waals surface area contributed by atoms with Crippen molar-refractivity contribution in [2.45, 2.75) is 0 Å². The molecule has 0 amide bonds. The monoisotopic (exact) mass is 265 g/mol. The van der Waals surface area contributed by atoms with Crippen molar-refractivity contribution in [3.8, 4) is 17.2 Å². The molecule has 0 aliphatic rings. The summed E-state index contributed by atoms with van der Waals surface area (Å²) in [6.07, 6.45) is 0. The van der Waals surface area contributed by atoms with Crippen LogP contribution in [0.3, 0.4) is 0 Å². The van der Waals surface area contributed by atoms with Gasteiger partial charge in [-0.1, -0.05) is 0 Å². The summed E-state index contributed by atoms with van der Waals surface area (Å²) >= 11 is 1.39. The number of nitrogens with zero attached hydrogens (tertiary/aromatic N) is 1. The maximum Gasteiger partial charge on any atom is 0.154 e. The highest BCUT2D eigenvalue weighted by Gasteiger charge is 2.14. The van der Waals surface area contributed by atoms with Gasteiger partial charge in [-0.15, -0.1) is 11.3 Å². The van der Waals surface area contributed by atoms with Gasteiger partial charge in [0.1, 0.15) is 28.8 Å². The van der Waals surface area contributed by atoms with Crippen LogP contribution in [-0.4, -0.2) is 26.3 Å². The van der Waals surface area contributed by atoms with Crippen molar-refractivity contribution in [1.82, 2.24) is 4.98 Å². The summed E-state index contributed by atoms with van der Waals surface area (Å²) in [7, 11) is 4.77. The molecular weight excluding hydrogens is 252 g/mol. The maximum atomic E-state index is 5.32.